The zero-order chi connectivity index (χ0) is 17.6. The first-order valence-electron chi connectivity index (χ1n) is 9.07. The third kappa shape index (κ3) is 2.47. The topological polar surface area (TPSA) is 72.5 Å². The van der Waals surface area contributed by atoms with E-state index in [1.54, 1.807) is 0 Å². The van der Waals surface area contributed by atoms with Crippen molar-refractivity contribution in [1.82, 2.24) is 0 Å². The van der Waals surface area contributed by atoms with Gasteiger partial charge in [-0.25, -0.2) is 0 Å². The molecule has 0 bridgehead atoms. The third-order valence-electron chi connectivity index (χ3n) is 6.49. The van der Waals surface area contributed by atoms with E-state index in [2.05, 4.69) is 0 Å². The summed E-state index contributed by atoms with van der Waals surface area (Å²) < 4.78 is 6.31. The van der Waals surface area contributed by atoms with Gasteiger partial charge in [-0.05, 0) is 56.7 Å². The van der Waals surface area contributed by atoms with E-state index in [-0.39, 0.29) is 11.8 Å². The Morgan fingerprint density at radius 3 is 2.33 bits per heavy atom. The number of aromatic hydroxyl groups is 1. The number of primary amides is 1. The molecule has 0 aromatic heterocycles. The van der Waals surface area contributed by atoms with E-state index < -0.39 is 5.60 Å². The largest absolute Gasteiger partial charge is 0.507 e. The quantitative estimate of drug-likeness (QED) is 0.868. The molecule has 1 heterocycles. The standard InChI is InChI=1S/C20H29NO3/c1-11-12(2)18-15(13(3)17(11)22)10-16(14-8-6-5-7-9-14)20(4,24-18)19(21)23/h14,16,22H,5-10H2,1-4H3,(H2,21,23). The predicted molar refractivity (Wildman–Crippen MR) is 94.3 cm³/mol. The van der Waals surface area contributed by atoms with Crippen molar-refractivity contribution in [2.75, 3.05) is 0 Å². The van der Waals surface area contributed by atoms with Gasteiger partial charge < -0.3 is 15.6 Å². The number of hydrogen-bond acceptors (Lipinski definition) is 3. The minimum absolute atomic E-state index is 0.0722. The number of phenolic OH excluding ortho intramolecular Hbond substituents is 1. The number of carbonyl (C=O) groups excluding carboxylic acids is 1. The molecule has 1 saturated carbocycles. The van der Waals surface area contributed by atoms with Gasteiger partial charge in [0.1, 0.15) is 11.5 Å². The Morgan fingerprint density at radius 2 is 1.75 bits per heavy atom. The lowest BCUT2D eigenvalue weighted by Crippen LogP contribution is -2.57. The van der Waals surface area contributed by atoms with Gasteiger partial charge in [0, 0.05) is 11.5 Å². The maximum absolute atomic E-state index is 12.3. The molecular formula is C20H29NO3. The second-order valence-electron chi connectivity index (χ2n) is 7.81. The Bertz CT molecular complexity index is 676. The van der Waals surface area contributed by atoms with Crippen molar-refractivity contribution in [2.45, 2.75) is 71.8 Å². The van der Waals surface area contributed by atoms with Crippen LogP contribution in [0.5, 0.6) is 11.5 Å². The fourth-order valence-corrected chi connectivity index (χ4v) is 4.64. The summed E-state index contributed by atoms with van der Waals surface area (Å²) in [4.78, 5) is 12.3. The molecule has 0 spiro atoms. The van der Waals surface area contributed by atoms with Gasteiger partial charge >= 0.3 is 0 Å². The first-order chi connectivity index (χ1) is 11.3. The zero-order valence-electron chi connectivity index (χ0n) is 15.2. The Balaban J connectivity index is 2.11. The number of phenols is 1. The van der Waals surface area contributed by atoms with Crippen molar-refractivity contribution in [3.05, 3.63) is 22.3 Å². The monoisotopic (exact) mass is 331 g/mol. The Hall–Kier alpha value is -1.71. The summed E-state index contributed by atoms with van der Waals surface area (Å²) in [5.74, 6) is 1.23. The second kappa shape index (κ2) is 5.98. The summed E-state index contributed by atoms with van der Waals surface area (Å²) in [5, 5.41) is 10.4. The van der Waals surface area contributed by atoms with Crippen molar-refractivity contribution in [3.8, 4) is 11.5 Å². The van der Waals surface area contributed by atoms with Crippen LogP contribution in [0.1, 0.15) is 61.3 Å². The van der Waals surface area contributed by atoms with E-state index in [1.807, 2.05) is 27.7 Å². The lowest BCUT2D eigenvalue weighted by atomic mass is 9.67. The van der Waals surface area contributed by atoms with E-state index in [4.69, 9.17) is 10.5 Å². The van der Waals surface area contributed by atoms with Gasteiger partial charge in [0.05, 0.1) is 0 Å². The molecule has 1 fully saturated rings. The molecule has 4 nitrogen and oxygen atoms in total. The summed E-state index contributed by atoms with van der Waals surface area (Å²) in [6.45, 7) is 7.62. The first-order valence-corrected chi connectivity index (χ1v) is 9.07. The fraction of sp³-hybridized carbons (Fsp3) is 0.650. The number of benzene rings is 1. The molecule has 4 heteroatoms. The number of ether oxygens (including phenoxy) is 1. The van der Waals surface area contributed by atoms with Crippen molar-refractivity contribution in [2.24, 2.45) is 17.6 Å². The molecule has 1 aliphatic heterocycles. The maximum Gasteiger partial charge on any atom is 0.261 e. The number of nitrogens with two attached hydrogens (primary N) is 1. The maximum atomic E-state index is 12.3. The lowest BCUT2D eigenvalue weighted by molar-refractivity contribution is -0.141. The third-order valence-corrected chi connectivity index (χ3v) is 6.49. The van der Waals surface area contributed by atoms with Crippen molar-refractivity contribution < 1.29 is 14.6 Å². The summed E-state index contributed by atoms with van der Waals surface area (Å²) in [6.07, 6.45) is 6.69. The van der Waals surface area contributed by atoms with E-state index in [9.17, 15) is 9.90 Å². The lowest BCUT2D eigenvalue weighted by Gasteiger charge is -2.46. The van der Waals surface area contributed by atoms with Gasteiger partial charge in [0.2, 0.25) is 0 Å². The van der Waals surface area contributed by atoms with Crippen LogP contribution in [0.2, 0.25) is 0 Å². The van der Waals surface area contributed by atoms with Crippen LogP contribution >= 0.6 is 0 Å². The molecular weight excluding hydrogens is 302 g/mol. The minimum atomic E-state index is -0.977. The second-order valence-corrected chi connectivity index (χ2v) is 7.81. The van der Waals surface area contributed by atoms with E-state index in [0.717, 1.165) is 47.3 Å². The molecule has 2 aliphatic rings. The summed E-state index contributed by atoms with van der Waals surface area (Å²) in [6, 6.07) is 0. The molecule has 3 rings (SSSR count). The van der Waals surface area contributed by atoms with Crippen LogP contribution in [0, 0.1) is 32.6 Å². The minimum Gasteiger partial charge on any atom is -0.507 e. The van der Waals surface area contributed by atoms with Crippen LogP contribution < -0.4 is 10.5 Å². The molecule has 132 valence electrons. The number of hydrogen-bond donors (Lipinski definition) is 2. The molecule has 0 radical (unpaired) electrons. The average molecular weight is 331 g/mol. The van der Waals surface area contributed by atoms with Gasteiger partial charge in [0.25, 0.3) is 5.91 Å². The number of carbonyl (C=O) groups is 1. The van der Waals surface area contributed by atoms with Gasteiger partial charge in [-0.1, -0.05) is 32.1 Å². The zero-order valence-corrected chi connectivity index (χ0v) is 15.2. The van der Waals surface area contributed by atoms with Gasteiger partial charge in [-0.15, -0.1) is 0 Å². The summed E-state index contributed by atoms with van der Waals surface area (Å²) in [7, 11) is 0. The van der Waals surface area contributed by atoms with Crippen LogP contribution in [0.25, 0.3) is 0 Å². The highest BCUT2D eigenvalue weighted by molar-refractivity contribution is 5.84. The van der Waals surface area contributed by atoms with Crippen molar-refractivity contribution in [3.63, 3.8) is 0 Å². The highest BCUT2D eigenvalue weighted by Gasteiger charge is 2.50. The van der Waals surface area contributed by atoms with Crippen LogP contribution in [-0.4, -0.2) is 16.6 Å². The SMILES string of the molecule is Cc1c(C)c2c(c(C)c1O)CC(C1CCCCC1)C(C)(C(N)=O)O2. The Kier molecular flexibility index (Phi) is 4.27. The summed E-state index contributed by atoms with van der Waals surface area (Å²) in [5.41, 5.74) is 8.46. The average Bonchev–Trinajstić information content (AvgIpc) is 2.58. The van der Waals surface area contributed by atoms with E-state index in [1.165, 1.54) is 19.3 Å². The van der Waals surface area contributed by atoms with Crippen LogP contribution in [-0.2, 0) is 11.2 Å². The molecule has 1 aromatic carbocycles. The van der Waals surface area contributed by atoms with Crippen LogP contribution in [0.15, 0.2) is 0 Å². The highest BCUT2D eigenvalue weighted by atomic mass is 16.5. The number of fused-ring (bicyclic) bond motifs is 1. The van der Waals surface area contributed by atoms with E-state index >= 15 is 0 Å². The van der Waals surface area contributed by atoms with Crippen molar-refractivity contribution >= 4 is 5.91 Å². The molecule has 0 saturated heterocycles. The van der Waals surface area contributed by atoms with Gasteiger partial charge in [-0.3, -0.25) is 4.79 Å². The van der Waals surface area contributed by atoms with Crippen LogP contribution in [0.4, 0.5) is 0 Å². The van der Waals surface area contributed by atoms with E-state index in [0.29, 0.717) is 11.7 Å². The first kappa shape index (κ1) is 17.1. The molecule has 1 aromatic rings. The molecule has 1 aliphatic carbocycles. The normalized spacial score (nSPS) is 27.4. The molecule has 24 heavy (non-hydrogen) atoms. The van der Waals surface area contributed by atoms with Crippen molar-refractivity contribution in [1.29, 1.82) is 0 Å². The molecule has 2 unspecified atom stereocenters. The Morgan fingerprint density at radius 1 is 1.12 bits per heavy atom. The number of rotatable bonds is 2. The van der Waals surface area contributed by atoms with Gasteiger partial charge in [0.15, 0.2) is 5.60 Å². The molecule has 3 N–H and O–H groups in total. The fourth-order valence-electron chi connectivity index (χ4n) is 4.64. The van der Waals surface area contributed by atoms with Gasteiger partial charge in [-0.2, -0.15) is 0 Å². The smallest absolute Gasteiger partial charge is 0.261 e. The molecule has 1 amide bonds. The van der Waals surface area contributed by atoms with Crippen LogP contribution in [0.3, 0.4) is 0 Å². The Labute approximate surface area is 144 Å². The highest BCUT2D eigenvalue weighted by Crippen LogP contribution is 2.49. The number of amides is 1. The summed E-state index contributed by atoms with van der Waals surface area (Å²) >= 11 is 0. The predicted octanol–water partition coefficient (Wildman–Crippen LogP) is 3.69. The molecule has 2 atom stereocenters.